The lowest BCUT2D eigenvalue weighted by Gasteiger charge is -2.25. The smallest absolute Gasteiger partial charge is 0.289 e. The van der Waals surface area contributed by atoms with Gasteiger partial charge in [-0.2, -0.15) is 0 Å². The number of hydrogen-bond donors (Lipinski definition) is 1. The van der Waals surface area contributed by atoms with Gasteiger partial charge >= 0.3 is 0 Å². The number of fused-ring (bicyclic) bond motifs is 1. The van der Waals surface area contributed by atoms with Crippen molar-refractivity contribution in [3.63, 3.8) is 0 Å². The third-order valence-corrected chi connectivity index (χ3v) is 3.30. The molecule has 0 saturated carbocycles. The van der Waals surface area contributed by atoms with Crippen LogP contribution in [0.25, 0.3) is 0 Å². The van der Waals surface area contributed by atoms with Gasteiger partial charge in [-0.1, -0.05) is 24.3 Å². The van der Waals surface area contributed by atoms with Gasteiger partial charge in [0, 0.05) is 25.4 Å². The number of carbonyl (C=O) groups is 1. The molecule has 1 N–H and O–H groups in total. The largest absolute Gasteiger partial charge is 0.371 e. The number of nitrogens with one attached hydrogen (secondary N) is 1. The second-order valence-electron chi connectivity index (χ2n) is 4.69. The molecule has 1 unspecified atom stereocenters. The Balaban J connectivity index is 1.57. The Labute approximate surface area is 117 Å². The van der Waals surface area contributed by atoms with Crippen molar-refractivity contribution >= 4 is 5.91 Å². The molecule has 20 heavy (non-hydrogen) atoms. The number of hydrogen-bond acceptors (Lipinski definition) is 4. The van der Waals surface area contributed by atoms with E-state index in [-0.39, 0.29) is 17.8 Å². The van der Waals surface area contributed by atoms with Crippen LogP contribution < -0.4 is 5.32 Å². The van der Waals surface area contributed by atoms with Gasteiger partial charge in [0.05, 0.1) is 12.7 Å². The maximum Gasteiger partial charge on any atom is 0.289 e. The fourth-order valence-corrected chi connectivity index (χ4v) is 2.24. The van der Waals surface area contributed by atoms with Crippen LogP contribution in [0.3, 0.4) is 0 Å². The highest BCUT2D eigenvalue weighted by Gasteiger charge is 2.19. The number of carbonyl (C=O) groups excluding carboxylic acids is 1. The number of aromatic nitrogens is 2. The Hall–Kier alpha value is -2.27. The Morgan fingerprint density at radius 1 is 1.20 bits per heavy atom. The highest BCUT2D eigenvalue weighted by Crippen LogP contribution is 2.19. The van der Waals surface area contributed by atoms with Crippen molar-refractivity contribution in [2.75, 3.05) is 6.54 Å². The van der Waals surface area contributed by atoms with Gasteiger partial charge in [-0.05, 0) is 17.2 Å². The van der Waals surface area contributed by atoms with E-state index in [1.165, 1.54) is 11.1 Å². The summed E-state index contributed by atoms with van der Waals surface area (Å²) in [5.74, 6) is -0.0863. The van der Waals surface area contributed by atoms with E-state index in [0.717, 1.165) is 6.42 Å². The summed E-state index contributed by atoms with van der Waals surface area (Å²) in [4.78, 5) is 19.7. The van der Waals surface area contributed by atoms with Crippen LogP contribution in [0.15, 0.2) is 42.7 Å². The van der Waals surface area contributed by atoms with Crippen LogP contribution in [0.2, 0.25) is 0 Å². The first kappa shape index (κ1) is 12.7. The maximum absolute atomic E-state index is 11.8. The van der Waals surface area contributed by atoms with E-state index < -0.39 is 0 Å². The summed E-state index contributed by atoms with van der Waals surface area (Å²) in [6.45, 7) is 1.06. The predicted octanol–water partition coefficient (Wildman–Crippen LogP) is 1.35. The lowest BCUT2D eigenvalue weighted by Crippen LogP contribution is -2.37. The standard InChI is InChI=1S/C15H15N3O2/c19-15(14-16-6-3-7-17-14)18-9-13-8-11-4-1-2-5-12(11)10-20-13/h1-7,13H,8-10H2,(H,18,19). The molecule has 1 aliphatic rings. The summed E-state index contributed by atoms with van der Waals surface area (Å²) >= 11 is 0. The fraction of sp³-hybridized carbons (Fsp3) is 0.267. The zero-order valence-electron chi connectivity index (χ0n) is 11.0. The molecule has 2 aromatic rings. The minimum atomic E-state index is -0.270. The number of amides is 1. The maximum atomic E-state index is 11.8. The molecule has 0 saturated heterocycles. The van der Waals surface area contributed by atoms with E-state index in [4.69, 9.17) is 4.74 Å². The monoisotopic (exact) mass is 269 g/mol. The van der Waals surface area contributed by atoms with E-state index in [2.05, 4.69) is 27.4 Å². The van der Waals surface area contributed by atoms with E-state index in [1.807, 2.05) is 12.1 Å². The summed E-state index contributed by atoms with van der Waals surface area (Å²) in [5.41, 5.74) is 2.51. The molecule has 0 bridgehead atoms. The van der Waals surface area contributed by atoms with Crippen LogP contribution in [-0.4, -0.2) is 28.5 Å². The van der Waals surface area contributed by atoms with E-state index in [1.54, 1.807) is 18.5 Å². The number of rotatable bonds is 3. The second-order valence-corrected chi connectivity index (χ2v) is 4.69. The van der Waals surface area contributed by atoms with Crippen LogP contribution in [0.5, 0.6) is 0 Å². The molecule has 1 aliphatic heterocycles. The van der Waals surface area contributed by atoms with Crippen molar-refractivity contribution in [1.29, 1.82) is 0 Å². The van der Waals surface area contributed by atoms with E-state index in [0.29, 0.717) is 13.2 Å². The Morgan fingerprint density at radius 3 is 2.75 bits per heavy atom. The first-order chi connectivity index (χ1) is 9.83. The fourth-order valence-electron chi connectivity index (χ4n) is 2.24. The highest BCUT2D eigenvalue weighted by atomic mass is 16.5. The van der Waals surface area contributed by atoms with Crippen molar-refractivity contribution in [2.24, 2.45) is 0 Å². The molecule has 1 atom stereocenters. The summed E-state index contributed by atoms with van der Waals surface area (Å²) in [6, 6.07) is 9.89. The van der Waals surface area contributed by atoms with Crippen LogP contribution in [0.1, 0.15) is 21.7 Å². The summed E-state index contributed by atoms with van der Waals surface area (Å²) in [5, 5.41) is 2.81. The van der Waals surface area contributed by atoms with Gasteiger partial charge < -0.3 is 10.1 Å². The Morgan fingerprint density at radius 2 is 1.95 bits per heavy atom. The van der Waals surface area contributed by atoms with Crippen LogP contribution in [0, 0.1) is 0 Å². The average molecular weight is 269 g/mol. The quantitative estimate of drug-likeness (QED) is 0.913. The van der Waals surface area contributed by atoms with Crippen molar-refractivity contribution < 1.29 is 9.53 Å². The van der Waals surface area contributed by atoms with Crippen molar-refractivity contribution in [3.8, 4) is 0 Å². The highest BCUT2D eigenvalue weighted by molar-refractivity contribution is 5.90. The molecule has 0 radical (unpaired) electrons. The van der Waals surface area contributed by atoms with E-state index >= 15 is 0 Å². The topological polar surface area (TPSA) is 64.1 Å². The molecule has 1 aromatic carbocycles. The van der Waals surface area contributed by atoms with Crippen LogP contribution in [0.4, 0.5) is 0 Å². The third kappa shape index (κ3) is 2.83. The normalized spacial score (nSPS) is 17.3. The van der Waals surface area contributed by atoms with Crippen LogP contribution in [-0.2, 0) is 17.8 Å². The summed E-state index contributed by atoms with van der Waals surface area (Å²) < 4.78 is 5.74. The van der Waals surface area contributed by atoms with Gasteiger partial charge in [-0.25, -0.2) is 9.97 Å². The first-order valence-corrected chi connectivity index (χ1v) is 6.56. The molecule has 1 amide bonds. The Bertz CT molecular complexity index is 601. The molecular weight excluding hydrogens is 254 g/mol. The molecule has 5 nitrogen and oxygen atoms in total. The number of nitrogens with zero attached hydrogens (tertiary/aromatic N) is 2. The van der Waals surface area contributed by atoms with Crippen molar-refractivity contribution in [1.82, 2.24) is 15.3 Å². The SMILES string of the molecule is O=C(NCC1Cc2ccccc2CO1)c1ncccn1. The van der Waals surface area contributed by atoms with Crippen LogP contribution >= 0.6 is 0 Å². The van der Waals surface area contributed by atoms with Crippen molar-refractivity contribution in [3.05, 3.63) is 59.7 Å². The molecule has 0 fully saturated rings. The Kier molecular flexibility index (Phi) is 3.69. The number of benzene rings is 1. The molecule has 0 spiro atoms. The minimum Gasteiger partial charge on any atom is -0.371 e. The lowest BCUT2D eigenvalue weighted by atomic mass is 9.99. The summed E-state index contributed by atoms with van der Waals surface area (Å²) in [7, 11) is 0. The molecule has 102 valence electrons. The van der Waals surface area contributed by atoms with E-state index in [9.17, 15) is 4.79 Å². The van der Waals surface area contributed by atoms with Crippen molar-refractivity contribution in [2.45, 2.75) is 19.1 Å². The zero-order chi connectivity index (χ0) is 13.8. The van der Waals surface area contributed by atoms with Gasteiger partial charge in [0.2, 0.25) is 5.82 Å². The second kappa shape index (κ2) is 5.79. The molecule has 3 rings (SSSR count). The zero-order valence-corrected chi connectivity index (χ0v) is 11.0. The van der Waals surface area contributed by atoms with Gasteiger partial charge in [-0.3, -0.25) is 4.79 Å². The number of ether oxygens (including phenoxy) is 1. The molecule has 5 heteroatoms. The van der Waals surface area contributed by atoms with Gasteiger partial charge in [0.1, 0.15) is 0 Å². The minimum absolute atomic E-state index is 0.00226. The predicted molar refractivity (Wildman–Crippen MR) is 73.1 cm³/mol. The van der Waals surface area contributed by atoms with Gasteiger partial charge in [-0.15, -0.1) is 0 Å². The third-order valence-electron chi connectivity index (χ3n) is 3.30. The first-order valence-electron chi connectivity index (χ1n) is 6.56. The lowest BCUT2D eigenvalue weighted by molar-refractivity contribution is 0.0284. The molecular formula is C15H15N3O2. The van der Waals surface area contributed by atoms with Gasteiger partial charge in [0.15, 0.2) is 0 Å². The summed E-state index contributed by atoms with van der Waals surface area (Å²) in [6.07, 6.45) is 3.91. The average Bonchev–Trinajstić information content (AvgIpc) is 2.53. The van der Waals surface area contributed by atoms with Gasteiger partial charge in [0.25, 0.3) is 5.91 Å². The molecule has 2 heterocycles. The molecule has 0 aliphatic carbocycles. The molecule has 1 aromatic heterocycles.